The SMILES string of the molecule is CCOC(=O)c1ccc(N=C2SC(=Cc3cc(Br)c(OCc4ccc(Cl)c(Cl)c4)c(Br)c3)C(=O)N2C)cc1. The highest BCUT2D eigenvalue weighted by atomic mass is 79.9. The van der Waals surface area contributed by atoms with E-state index in [1.54, 1.807) is 56.4 Å². The summed E-state index contributed by atoms with van der Waals surface area (Å²) in [7, 11) is 1.67. The summed E-state index contributed by atoms with van der Waals surface area (Å²) in [5, 5.41) is 1.48. The second kappa shape index (κ2) is 12.7. The van der Waals surface area contributed by atoms with Crippen molar-refractivity contribution in [2.75, 3.05) is 13.7 Å². The van der Waals surface area contributed by atoms with Crippen molar-refractivity contribution in [3.63, 3.8) is 0 Å². The largest absolute Gasteiger partial charge is 0.487 e. The average Bonchev–Trinajstić information content (AvgIpc) is 3.13. The lowest BCUT2D eigenvalue weighted by molar-refractivity contribution is -0.121. The number of carbonyl (C=O) groups excluding carboxylic acids is 2. The fraction of sp³-hybridized carbons (Fsp3) is 0.148. The van der Waals surface area contributed by atoms with E-state index in [1.807, 2.05) is 18.2 Å². The van der Waals surface area contributed by atoms with Crippen LogP contribution < -0.4 is 4.74 Å². The van der Waals surface area contributed by atoms with E-state index in [9.17, 15) is 9.59 Å². The summed E-state index contributed by atoms with van der Waals surface area (Å²) in [6, 6.07) is 15.8. The monoisotopic (exact) mass is 696 g/mol. The molecular formula is C27H20Br2Cl2N2O4S. The quantitative estimate of drug-likeness (QED) is 0.183. The Morgan fingerprint density at radius 1 is 1.05 bits per heavy atom. The van der Waals surface area contributed by atoms with Gasteiger partial charge in [0.1, 0.15) is 12.4 Å². The molecule has 3 aromatic carbocycles. The number of hydrogen-bond acceptors (Lipinski definition) is 6. The van der Waals surface area contributed by atoms with Gasteiger partial charge in [-0.3, -0.25) is 9.69 Å². The van der Waals surface area contributed by atoms with Gasteiger partial charge in [-0.15, -0.1) is 0 Å². The Morgan fingerprint density at radius 2 is 1.74 bits per heavy atom. The number of aliphatic imine (C=N–C) groups is 1. The first-order valence-corrected chi connectivity index (χ1v) is 14.4. The molecule has 1 aliphatic rings. The molecule has 38 heavy (non-hydrogen) atoms. The number of nitrogens with zero attached hydrogens (tertiary/aromatic N) is 2. The third-order valence-electron chi connectivity index (χ3n) is 5.29. The Labute approximate surface area is 251 Å². The first-order valence-electron chi connectivity index (χ1n) is 11.3. The van der Waals surface area contributed by atoms with E-state index in [2.05, 4.69) is 36.9 Å². The molecule has 1 aliphatic heterocycles. The maximum absolute atomic E-state index is 12.9. The maximum Gasteiger partial charge on any atom is 0.338 e. The van der Waals surface area contributed by atoms with Crippen LogP contribution in [0, 0.1) is 0 Å². The minimum absolute atomic E-state index is 0.163. The standard InChI is InChI=1S/C27H20Br2Cl2N2O4S/c1-3-36-26(35)17-5-7-18(8-6-17)32-27-33(2)25(34)23(38-27)13-16-10-19(28)24(20(29)11-16)37-14-15-4-9-21(30)22(31)12-15/h4-13H,3,14H2,1-2H3. The van der Waals surface area contributed by atoms with Crippen LogP contribution in [-0.2, 0) is 16.1 Å². The molecule has 0 bridgehead atoms. The number of halogens is 4. The van der Waals surface area contributed by atoms with Gasteiger partial charge in [0.05, 0.1) is 41.8 Å². The highest BCUT2D eigenvalue weighted by Gasteiger charge is 2.30. The lowest BCUT2D eigenvalue weighted by Gasteiger charge is -2.12. The number of benzene rings is 3. The molecule has 0 N–H and O–H groups in total. The number of hydrogen-bond donors (Lipinski definition) is 0. The van der Waals surface area contributed by atoms with Crippen molar-refractivity contribution in [1.82, 2.24) is 4.90 Å². The molecule has 1 saturated heterocycles. The number of amides is 1. The van der Waals surface area contributed by atoms with E-state index in [4.69, 9.17) is 32.7 Å². The van der Waals surface area contributed by atoms with Gasteiger partial charge in [-0.1, -0.05) is 29.3 Å². The number of carbonyl (C=O) groups is 2. The van der Waals surface area contributed by atoms with Crippen molar-refractivity contribution < 1.29 is 19.1 Å². The Hall–Kier alpha value is -2.30. The molecule has 1 amide bonds. The normalized spacial score (nSPS) is 15.4. The van der Waals surface area contributed by atoms with Gasteiger partial charge in [0.15, 0.2) is 5.17 Å². The van der Waals surface area contributed by atoms with E-state index in [0.29, 0.717) is 50.3 Å². The summed E-state index contributed by atoms with van der Waals surface area (Å²) in [4.78, 5) is 31.4. The van der Waals surface area contributed by atoms with E-state index < -0.39 is 0 Å². The molecular weight excluding hydrogens is 679 g/mol. The zero-order valence-corrected chi connectivity index (χ0v) is 25.6. The number of likely N-dealkylation sites (N-methyl/N-ethyl adjacent to an activating group) is 1. The zero-order chi connectivity index (χ0) is 27.4. The van der Waals surface area contributed by atoms with Gasteiger partial charge in [-0.25, -0.2) is 9.79 Å². The van der Waals surface area contributed by atoms with Crippen molar-refractivity contribution in [1.29, 1.82) is 0 Å². The Morgan fingerprint density at radius 3 is 2.37 bits per heavy atom. The van der Waals surface area contributed by atoms with Gasteiger partial charge in [-0.05, 0) is 116 Å². The Bertz CT molecular complexity index is 1440. The molecule has 0 unspecified atom stereocenters. The van der Waals surface area contributed by atoms with Crippen LogP contribution >= 0.6 is 66.8 Å². The van der Waals surface area contributed by atoms with Crippen molar-refractivity contribution in [3.05, 3.63) is 95.2 Å². The molecule has 4 rings (SSSR count). The van der Waals surface area contributed by atoms with Gasteiger partial charge in [0.2, 0.25) is 0 Å². The van der Waals surface area contributed by atoms with Crippen LogP contribution in [0.5, 0.6) is 5.75 Å². The number of esters is 1. The Balaban J connectivity index is 1.49. The molecule has 0 radical (unpaired) electrons. The molecule has 196 valence electrons. The molecule has 1 fully saturated rings. The van der Waals surface area contributed by atoms with Gasteiger partial charge in [-0.2, -0.15) is 0 Å². The summed E-state index contributed by atoms with van der Waals surface area (Å²) in [5.74, 6) is 0.0703. The summed E-state index contributed by atoms with van der Waals surface area (Å²) in [6.45, 7) is 2.37. The second-order valence-electron chi connectivity index (χ2n) is 7.99. The Kier molecular flexibility index (Phi) is 9.59. The summed E-state index contributed by atoms with van der Waals surface area (Å²) >= 11 is 20.5. The minimum atomic E-state index is -0.387. The van der Waals surface area contributed by atoms with Crippen LogP contribution in [0.15, 0.2) is 73.4 Å². The topological polar surface area (TPSA) is 68.2 Å². The van der Waals surface area contributed by atoms with Crippen molar-refractivity contribution in [2.45, 2.75) is 13.5 Å². The number of ether oxygens (including phenoxy) is 2. The van der Waals surface area contributed by atoms with E-state index >= 15 is 0 Å². The van der Waals surface area contributed by atoms with Gasteiger partial charge >= 0.3 is 5.97 Å². The maximum atomic E-state index is 12.9. The molecule has 11 heteroatoms. The van der Waals surface area contributed by atoms with Gasteiger partial charge < -0.3 is 9.47 Å². The van der Waals surface area contributed by atoms with Crippen LogP contribution in [0.4, 0.5) is 5.69 Å². The van der Waals surface area contributed by atoms with E-state index in [1.165, 1.54) is 16.7 Å². The van der Waals surface area contributed by atoms with Crippen molar-refractivity contribution in [3.8, 4) is 5.75 Å². The van der Waals surface area contributed by atoms with Gasteiger partial charge in [0.25, 0.3) is 5.91 Å². The second-order valence-corrected chi connectivity index (χ2v) is 11.5. The number of thioether (sulfide) groups is 1. The molecule has 0 atom stereocenters. The minimum Gasteiger partial charge on any atom is -0.487 e. The average molecular weight is 699 g/mol. The lowest BCUT2D eigenvalue weighted by Crippen LogP contribution is -2.23. The summed E-state index contributed by atoms with van der Waals surface area (Å²) < 4.78 is 12.4. The first kappa shape index (κ1) is 28.7. The van der Waals surface area contributed by atoms with Crippen LogP contribution in [0.3, 0.4) is 0 Å². The molecule has 3 aromatic rings. The zero-order valence-electron chi connectivity index (χ0n) is 20.1. The van der Waals surface area contributed by atoms with Crippen LogP contribution in [0.2, 0.25) is 10.0 Å². The third-order valence-corrected chi connectivity index (χ3v) is 8.27. The summed E-state index contributed by atoms with van der Waals surface area (Å²) in [6.07, 6.45) is 1.80. The fourth-order valence-electron chi connectivity index (χ4n) is 3.39. The fourth-order valence-corrected chi connectivity index (χ4v) is 6.14. The predicted molar refractivity (Wildman–Crippen MR) is 160 cm³/mol. The van der Waals surface area contributed by atoms with Gasteiger partial charge in [0, 0.05) is 7.05 Å². The lowest BCUT2D eigenvalue weighted by atomic mass is 10.2. The molecule has 1 heterocycles. The van der Waals surface area contributed by atoms with E-state index in [0.717, 1.165) is 20.1 Å². The van der Waals surface area contributed by atoms with Crippen LogP contribution in [0.1, 0.15) is 28.4 Å². The smallest absolute Gasteiger partial charge is 0.338 e. The van der Waals surface area contributed by atoms with Crippen LogP contribution in [0.25, 0.3) is 6.08 Å². The molecule has 6 nitrogen and oxygen atoms in total. The summed E-state index contributed by atoms with van der Waals surface area (Å²) in [5.41, 5.74) is 2.74. The highest BCUT2D eigenvalue weighted by molar-refractivity contribution is 9.11. The first-order chi connectivity index (χ1) is 18.2. The van der Waals surface area contributed by atoms with Crippen LogP contribution in [-0.4, -0.2) is 35.6 Å². The third kappa shape index (κ3) is 6.82. The number of rotatable bonds is 7. The van der Waals surface area contributed by atoms with Crippen molar-refractivity contribution >= 4 is 95.6 Å². The predicted octanol–water partition coefficient (Wildman–Crippen LogP) is 8.51. The number of amidine groups is 1. The van der Waals surface area contributed by atoms with Crippen molar-refractivity contribution in [2.24, 2.45) is 4.99 Å². The molecule has 0 aliphatic carbocycles. The highest BCUT2D eigenvalue weighted by Crippen LogP contribution is 2.38. The van der Waals surface area contributed by atoms with E-state index in [-0.39, 0.29) is 11.9 Å². The molecule has 0 aromatic heterocycles. The molecule has 0 spiro atoms. The molecule has 0 saturated carbocycles.